The van der Waals surface area contributed by atoms with Crippen molar-refractivity contribution in [1.82, 2.24) is 9.80 Å². The SMILES string of the molecule is CCN(C(C)CN(C)C)C1CCC(N)(CO)C1. The fourth-order valence-electron chi connectivity index (χ4n) is 3.12. The Kier molecular flexibility index (Phi) is 5.38. The molecule has 1 rings (SSSR count). The molecule has 4 heteroatoms. The third-order valence-electron chi connectivity index (χ3n) is 3.96. The molecule has 4 nitrogen and oxygen atoms in total. The second kappa shape index (κ2) is 6.14. The Morgan fingerprint density at radius 3 is 2.53 bits per heavy atom. The quantitative estimate of drug-likeness (QED) is 0.713. The molecule has 3 atom stereocenters. The number of rotatable bonds is 6. The van der Waals surface area contributed by atoms with Crippen molar-refractivity contribution < 1.29 is 5.11 Å². The second-order valence-corrected chi connectivity index (χ2v) is 5.86. The molecule has 102 valence electrons. The molecule has 3 unspecified atom stereocenters. The summed E-state index contributed by atoms with van der Waals surface area (Å²) in [7, 11) is 4.22. The van der Waals surface area contributed by atoms with Gasteiger partial charge in [0.25, 0.3) is 0 Å². The largest absolute Gasteiger partial charge is 0.394 e. The number of likely N-dealkylation sites (N-methyl/N-ethyl adjacent to an activating group) is 2. The van der Waals surface area contributed by atoms with E-state index in [0.717, 1.165) is 32.4 Å². The molecule has 0 saturated heterocycles. The van der Waals surface area contributed by atoms with E-state index in [1.165, 1.54) is 0 Å². The van der Waals surface area contributed by atoms with E-state index < -0.39 is 0 Å². The molecular weight excluding hydrogens is 214 g/mol. The predicted octanol–water partition coefficient (Wildman–Crippen LogP) is 0.501. The van der Waals surface area contributed by atoms with Crippen LogP contribution < -0.4 is 5.73 Å². The lowest BCUT2D eigenvalue weighted by molar-refractivity contribution is 0.119. The molecular formula is C13H29N3O. The van der Waals surface area contributed by atoms with E-state index in [-0.39, 0.29) is 12.1 Å². The van der Waals surface area contributed by atoms with Crippen LogP contribution >= 0.6 is 0 Å². The minimum Gasteiger partial charge on any atom is -0.394 e. The summed E-state index contributed by atoms with van der Waals surface area (Å²) in [6.07, 6.45) is 2.98. The molecule has 0 aromatic carbocycles. The van der Waals surface area contributed by atoms with Crippen molar-refractivity contribution in [2.75, 3.05) is 33.8 Å². The Labute approximate surface area is 106 Å². The average Bonchev–Trinajstić information content (AvgIpc) is 2.62. The van der Waals surface area contributed by atoms with Gasteiger partial charge in [0.2, 0.25) is 0 Å². The highest BCUT2D eigenvalue weighted by atomic mass is 16.3. The van der Waals surface area contributed by atoms with Gasteiger partial charge in [-0.15, -0.1) is 0 Å². The molecule has 0 aromatic rings. The van der Waals surface area contributed by atoms with E-state index in [4.69, 9.17) is 5.73 Å². The van der Waals surface area contributed by atoms with E-state index in [1.807, 2.05) is 0 Å². The second-order valence-electron chi connectivity index (χ2n) is 5.86. The monoisotopic (exact) mass is 243 g/mol. The van der Waals surface area contributed by atoms with Crippen molar-refractivity contribution >= 4 is 0 Å². The maximum atomic E-state index is 9.33. The number of hydrogen-bond acceptors (Lipinski definition) is 4. The van der Waals surface area contributed by atoms with Crippen LogP contribution in [0.25, 0.3) is 0 Å². The van der Waals surface area contributed by atoms with Crippen LogP contribution in [0.15, 0.2) is 0 Å². The van der Waals surface area contributed by atoms with Crippen molar-refractivity contribution in [3.05, 3.63) is 0 Å². The smallest absolute Gasteiger partial charge is 0.0611 e. The van der Waals surface area contributed by atoms with Gasteiger partial charge in [0.15, 0.2) is 0 Å². The van der Waals surface area contributed by atoms with Crippen LogP contribution in [0.3, 0.4) is 0 Å². The van der Waals surface area contributed by atoms with Crippen LogP contribution in [0.5, 0.6) is 0 Å². The Morgan fingerprint density at radius 2 is 2.12 bits per heavy atom. The lowest BCUT2D eigenvalue weighted by Gasteiger charge is -2.35. The van der Waals surface area contributed by atoms with Crippen molar-refractivity contribution in [2.45, 2.75) is 50.7 Å². The van der Waals surface area contributed by atoms with Crippen LogP contribution in [0.2, 0.25) is 0 Å². The van der Waals surface area contributed by atoms with Crippen LogP contribution in [-0.4, -0.2) is 66.3 Å². The minimum absolute atomic E-state index is 0.114. The van der Waals surface area contributed by atoms with Gasteiger partial charge in [-0.2, -0.15) is 0 Å². The van der Waals surface area contributed by atoms with Gasteiger partial charge >= 0.3 is 0 Å². The first-order valence-electron chi connectivity index (χ1n) is 6.72. The Balaban J connectivity index is 2.57. The molecule has 1 fully saturated rings. The van der Waals surface area contributed by atoms with Crippen molar-refractivity contribution in [2.24, 2.45) is 5.73 Å². The van der Waals surface area contributed by atoms with Crippen LogP contribution in [0, 0.1) is 0 Å². The first kappa shape index (κ1) is 14.9. The molecule has 0 spiro atoms. The zero-order valence-electron chi connectivity index (χ0n) is 11.8. The highest BCUT2D eigenvalue weighted by Crippen LogP contribution is 2.31. The zero-order valence-corrected chi connectivity index (χ0v) is 11.8. The highest BCUT2D eigenvalue weighted by Gasteiger charge is 2.38. The topological polar surface area (TPSA) is 52.7 Å². The molecule has 1 aliphatic carbocycles. The minimum atomic E-state index is -0.337. The number of aliphatic hydroxyl groups is 1. The number of nitrogens with two attached hydrogens (primary N) is 1. The Morgan fingerprint density at radius 1 is 1.47 bits per heavy atom. The van der Waals surface area contributed by atoms with Gasteiger partial charge in [0.05, 0.1) is 6.61 Å². The van der Waals surface area contributed by atoms with Crippen molar-refractivity contribution in [3.63, 3.8) is 0 Å². The first-order chi connectivity index (χ1) is 7.91. The number of aliphatic hydroxyl groups excluding tert-OH is 1. The maximum Gasteiger partial charge on any atom is 0.0611 e. The fourth-order valence-corrected chi connectivity index (χ4v) is 3.12. The molecule has 0 bridgehead atoms. The Hall–Kier alpha value is -0.160. The van der Waals surface area contributed by atoms with Gasteiger partial charge in [-0.1, -0.05) is 6.92 Å². The molecule has 1 saturated carbocycles. The number of hydrogen-bond donors (Lipinski definition) is 2. The third-order valence-corrected chi connectivity index (χ3v) is 3.96. The molecule has 0 aromatic heterocycles. The van der Waals surface area contributed by atoms with E-state index >= 15 is 0 Å². The van der Waals surface area contributed by atoms with E-state index in [0.29, 0.717) is 12.1 Å². The van der Waals surface area contributed by atoms with Crippen LogP contribution in [-0.2, 0) is 0 Å². The summed E-state index contributed by atoms with van der Waals surface area (Å²) in [6, 6.07) is 1.08. The summed E-state index contributed by atoms with van der Waals surface area (Å²) in [5.74, 6) is 0. The molecule has 3 N–H and O–H groups in total. The fraction of sp³-hybridized carbons (Fsp3) is 1.00. The van der Waals surface area contributed by atoms with Crippen molar-refractivity contribution in [3.8, 4) is 0 Å². The summed E-state index contributed by atoms with van der Waals surface area (Å²) in [4.78, 5) is 4.76. The summed E-state index contributed by atoms with van der Waals surface area (Å²) in [6.45, 7) is 6.73. The summed E-state index contributed by atoms with van der Waals surface area (Å²) in [5.41, 5.74) is 5.82. The van der Waals surface area contributed by atoms with Gasteiger partial charge in [-0.05, 0) is 46.8 Å². The first-order valence-corrected chi connectivity index (χ1v) is 6.72. The van der Waals surface area contributed by atoms with Gasteiger partial charge in [0, 0.05) is 24.2 Å². The molecule has 1 aliphatic rings. The average molecular weight is 243 g/mol. The van der Waals surface area contributed by atoms with Crippen LogP contribution in [0.4, 0.5) is 0 Å². The Bertz CT molecular complexity index is 235. The summed E-state index contributed by atoms with van der Waals surface area (Å²) < 4.78 is 0. The standard InChI is InChI=1S/C13H29N3O/c1-5-16(11(2)9-15(3)4)12-6-7-13(14,8-12)10-17/h11-12,17H,5-10,14H2,1-4H3. The molecule has 17 heavy (non-hydrogen) atoms. The molecule has 0 amide bonds. The summed E-state index contributed by atoms with van der Waals surface area (Å²) in [5, 5.41) is 9.33. The normalized spacial score (nSPS) is 31.4. The van der Waals surface area contributed by atoms with E-state index in [2.05, 4.69) is 37.7 Å². The third kappa shape index (κ3) is 3.91. The molecule has 0 heterocycles. The molecule has 0 radical (unpaired) electrons. The lowest BCUT2D eigenvalue weighted by Crippen LogP contribution is -2.48. The van der Waals surface area contributed by atoms with E-state index in [1.54, 1.807) is 0 Å². The van der Waals surface area contributed by atoms with E-state index in [9.17, 15) is 5.11 Å². The van der Waals surface area contributed by atoms with Gasteiger partial charge < -0.3 is 15.7 Å². The lowest BCUT2D eigenvalue weighted by atomic mass is 10.00. The van der Waals surface area contributed by atoms with Gasteiger partial charge in [-0.25, -0.2) is 0 Å². The van der Waals surface area contributed by atoms with Crippen LogP contribution in [0.1, 0.15) is 33.1 Å². The van der Waals surface area contributed by atoms with Gasteiger partial charge in [0.1, 0.15) is 0 Å². The predicted molar refractivity (Wildman–Crippen MR) is 72.0 cm³/mol. The highest BCUT2D eigenvalue weighted by molar-refractivity contribution is 4.97. The maximum absolute atomic E-state index is 9.33. The zero-order chi connectivity index (χ0) is 13.1. The summed E-state index contributed by atoms with van der Waals surface area (Å²) >= 11 is 0. The number of nitrogens with zero attached hydrogens (tertiary/aromatic N) is 2. The van der Waals surface area contributed by atoms with Crippen molar-refractivity contribution in [1.29, 1.82) is 0 Å². The van der Waals surface area contributed by atoms with Gasteiger partial charge in [-0.3, -0.25) is 4.90 Å². The molecule has 0 aliphatic heterocycles.